The first-order valence-corrected chi connectivity index (χ1v) is 12.4. The maximum Gasteiger partial charge on any atom is 0.223 e. The Kier molecular flexibility index (Phi) is 6.14. The average molecular weight is 456 g/mol. The quantitative estimate of drug-likeness (QED) is 0.382. The predicted octanol–water partition coefficient (Wildman–Crippen LogP) is 5.78. The van der Waals surface area contributed by atoms with Crippen LogP contribution in [0, 0.1) is 13.8 Å². The van der Waals surface area contributed by atoms with Crippen LogP contribution in [0.4, 0.5) is 5.13 Å². The smallest absolute Gasteiger partial charge is 0.223 e. The number of hydrogen-bond donors (Lipinski definition) is 0. The lowest BCUT2D eigenvalue weighted by Crippen LogP contribution is -2.49. The van der Waals surface area contributed by atoms with E-state index in [4.69, 9.17) is 4.98 Å². The fourth-order valence-corrected chi connectivity index (χ4v) is 5.94. The molecule has 168 valence electrons. The highest BCUT2D eigenvalue weighted by atomic mass is 32.1. The van der Waals surface area contributed by atoms with E-state index in [9.17, 15) is 4.79 Å². The van der Waals surface area contributed by atoms with Gasteiger partial charge in [0.15, 0.2) is 5.13 Å². The number of thiazole rings is 1. The Labute approximate surface area is 199 Å². The van der Waals surface area contributed by atoms with Crippen molar-refractivity contribution in [3.63, 3.8) is 0 Å². The Balaban J connectivity index is 1.28. The maximum absolute atomic E-state index is 13.3. The molecule has 5 heteroatoms. The van der Waals surface area contributed by atoms with Gasteiger partial charge < -0.3 is 9.80 Å². The van der Waals surface area contributed by atoms with Gasteiger partial charge in [-0.2, -0.15) is 0 Å². The molecule has 0 spiro atoms. The second kappa shape index (κ2) is 9.36. The summed E-state index contributed by atoms with van der Waals surface area (Å²) in [6.07, 6.45) is 0.494. The number of amides is 1. The van der Waals surface area contributed by atoms with Crippen molar-refractivity contribution in [2.75, 3.05) is 31.1 Å². The summed E-state index contributed by atoms with van der Waals surface area (Å²) < 4.78 is 1.24. The Morgan fingerprint density at radius 2 is 1.52 bits per heavy atom. The lowest BCUT2D eigenvalue weighted by Gasteiger charge is -2.35. The van der Waals surface area contributed by atoms with Crippen LogP contribution < -0.4 is 4.90 Å². The lowest BCUT2D eigenvalue weighted by atomic mass is 9.88. The molecule has 1 aliphatic heterocycles. The van der Waals surface area contributed by atoms with Gasteiger partial charge in [0.1, 0.15) is 0 Å². The number of aromatic nitrogens is 1. The number of nitrogens with zero attached hydrogens (tertiary/aromatic N) is 3. The van der Waals surface area contributed by atoms with E-state index in [1.54, 1.807) is 11.3 Å². The minimum absolute atomic E-state index is 0.0772. The van der Waals surface area contributed by atoms with Crippen LogP contribution in [-0.4, -0.2) is 42.0 Å². The van der Waals surface area contributed by atoms with Crippen molar-refractivity contribution in [3.8, 4) is 0 Å². The molecule has 4 aromatic rings. The molecule has 1 amide bonds. The summed E-state index contributed by atoms with van der Waals surface area (Å²) in [7, 11) is 0. The van der Waals surface area contributed by atoms with E-state index in [2.05, 4.69) is 79.4 Å². The van der Waals surface area contributed by atoms with Gasteiger partial charge in [0, 0.05) is 38.5 Å². The Morgan fingerprint density at radius 1 is 0.909 bits per heavy atom. The van der Waals surface area contributed by atoms with Crippen LogP contribution in [0.5, 0.6) is 0 Å². The topological polar surface area (TPSA) is 36.4 Å². The first-order chi connectivity index (χ1) is 16.1. The standard InChI is InChI=1S/C28H29N3OS/c1-20-17-21(2)27-25(18-20)33-28(29-27)31-15-13-30(14-16-31)26(32)19-24(22-9-5-3-6-10-22)23-11-7-4-8-12-23/h3-12,17-18,24H,13-16,19H2,1-2H3. The summed E-state index contributed by atoms with van der Waals surface area (Å²) in [5.41, 5.74) is 5.99. The number of benzene rings is 3. The number of anilines is 1. The second-order valence-electron chi connectivity index (χ2n) is 8.87. The van der Waals surface area contributed by atoms with Gasteiger partial charge in [0.2, 0.25) is 5.91 Å². The third-order valence-electron chi connectivity index (χ3n) is 6.50. The van der Waals surface area contributed by atoms with Gasteiger partial charge in [-0.05, 0) is 42.2 Å². The molecule has 5 rings (SSSR count). The molecule has 0 radical (unpaired) electrons. The van der Waals surface area contributed by atoms with E-state index >= 15 is 0 Å². The van der Waals surface area contributed by atoms with Crippen LogP contribution in [0.1, 0.15) is 34.6 Å². The number of aryl methyl sites for hydroxylation is 2. The van der Waals surface area contributed by atoms with Crippen molar-refractivity contribution in [3.05, 3.63) is 95.1 Å². The van der Waals surface area contributed by atoms with Crippen molar-refractivity contribution in [1.29, 1.82) is 0 Å². The molecule has 33 heavy (non-hydrogen) atoms. The Bertz CT molecular complexity index is 1200. The number of carbonyl (C=O) groups excluding carboxylic acids is 1. The molecule has 4 nitrogen and oxygen atoms in total. The van der Waals surface area contributed by atoms with Gasteiger partial charge in [-0.15, -0.1) is 0 Å². The number of piperazine rings is 1. The molecule has 3 aromatic carbocycles. The van der Waals surface area contributed by atoms with E-state index in [1.165, 1.54) is 27.0 Å². The molecular formula is C28H29N3OS. The van der Waals surface area contributed by atoms with Gasteiger partial charge in [0.25, 0.3) is 0 Å². The van der Waals surface area contributed by atoms with E-state index in [0.717, 1.165) is 36.8 Å². The highest BCUT2D eigenvalue weighted by Crippen LogP contribution is 2.33. The molecule has 0 bridgehead atoms. The minimum atomic E-state index is 0.0772. The summed E-state index contributed by atoms with van der Waals surface area (Å²) in [5, 5.41) is 1.07. The maximum atomic E-state index is 13.3. The highest BCUT2D eigenvalue weighted by molar-refractivity contribution is 7.22. The summed E-state index contributed by atoms with van der Waals surface area (Å²) in [6.45, 7) is 7.39. The van der Waals surface area contributed by atoms with Gasteiger partial charge in [-0.1, -0.05) is 78.1 Å². The van der Waals surface area contributed by atoms with Crippen LogP contribution in [0.25, 0.3) is 10.2 Å². The molecule has 1 saturated heterocycles. The lowest BCUT2D eigenvalue weighted by molar-refractivity contribution is -0.131. The molecule has 0 saturated carbocycles. The fraction of sp³-hybridized carbons (Fsp3) is 0.286. The highest BCUT2D eigenvalue weighted by Gasteiger charge is 2.26. The van der Waals surface area contributed by atoms with Crippen molar-refractivity contribution in [2.24, 2.45) is 0 Å². The average Bonchev–Trinajstić information content (AvgIpc) is 3.28. The monoisotopic (exact) mass is 455 g/mol. The normalized spacial score (nSPS) is 14.3. The molecule has 0 unspecified atom stereocenters. The van der Waals surface area contributed by atoms with Crippen LogP contribution in [0.15, 0.2) is 72.8 Å². The zero-order valence-corrected chi connectivity index (χ0v) is 20.0. The Morgan fingerprint density at radius 3 is 2.12 bits per heavy atom. The molecule has 0 aliphatic carbocycles. The van der Waals surface area contributed by atoms with E-state index in [1.807, 2.05) is 17.0 Å². The molecule has 0 atom stereocenters. The van der Waals surface area contributed by atoms with Crippen molar-refractivity contribution in [1.82, 2.24) is 9.88 Å². The molecule has 1 fully saturated rings. The predicted molar refractivity (Wildman–Crippen MR) is 137 cm³/mol. The van der Waals surface area contributed by atoms with Crippen molar-refractivity contribution < 1.29 is 4.79 Å². The van der Waals surface area contributed by atoms with Crippen LogP contribution in [-0.2, 0) is 4.79 Å². The van der Waals surface area contributed by atoms with Crippen molar-refractivity contribution in [2.45, 2.75) is 26.2 Å². The molecule has 0 N–H and O–H groups in total. The largest absolute Gasteiger partial charge is 0.345 e. The van der Waals surface area contributed by atoms with Crippen LogP contribution in [0.3, 0.4) is 0 Å². The van der Waals surface area contributed by atoms with E-state index in [-0.39, 0.29) is 11.8 Å². The minimum Gasteiger partial charge on any atom is -0.345 e. The SMILES string of the molecule is Cc1cc(C)c2nc(N3CCN(C(=O)CC(c4ccccc4)c4ccccc4)CC3)sc2c1. The summed E-state index contributed by atoms with van der Waals surface area (Å²) in [6, 6.07) is 25.2. The number of carbonyl (C=O) groups is 1. The fourth-order valence-electron chi connectivity index (χ4n) is 4.74. The van der Waals surface area contributed by atoms with Gasteiger partial charge >= 0.3 is 0 Å². The zero-order chi connectivity index (χ0) is 22.8. The Hall–Kier alpha value is -3.18. The van der Waals surface area contributed by atoms with Gasteiger partial charge in [0.05, 0.1) is 10.2 Å². The summed E-state index contributed by atoms with van der Waals surface area (Å²) in [4.78, 5) is 22.6. The summed E-state index contributed by atoms with van der Waals surface area (Å²) >= 11 is 1.76. The first-order valence-electron chi connectivity index (χ1n) is 11.6. The van der Waals surface area contributed by atoms with E-state index in [0.29, 0.717) is 6.42 Å². The zero-order valence-electron chi connectivity index (χ0n) is 19.2. The van der Waals surface area contributed by atoms with Crippen LogP contribution in [0.2, 0.25) is 0 Å². The van der Waals surface area contributed by atoms with Crippen LogP contribution >= 0.6 is 11.3 Å². The number of rotatable bonds is 5. The molecule has 2 heterocycles. The molecule has 1 aliphatic rings. The number of fused-ring (bicyclic) bond motifs is 1. The molecular weight excluding hydrogens is 426 g/mol. The number of hydrogen-bond acceptors (Lipinski definition) is 4. The van der Waals surface area contributed by atoms with E-state index < -0.39 is 0 Å². The molecule has 1 aromatic heterocycles. The summed E-state index contributed by atoms with van der Waals surface area (Å²) in [5.74, 6) is 0.302. The van der Waals surface area contributed by atoms with Gasteiger partial charge in [-0.3, -0.25) is 4.79 Å². The third-order valence-corrected chi connectivity index (χ3v) is 7.57. The van der Waals surface area contributed by atoms with Gasteiger partial charge in [-0.25, -0.2) is 4.98 Å². The first kappa shape index (κ1) is 21.7. The third kappa shape index (κ3) is 4.64. The van der Waals surface area contributed by atoms with Crippen molar-refractivity contribution >= 4 is 32.6 Å². The second-order valence-corrected chi connectivity index (χ2v) is 9.88.